The normalized spacial score (nSPS) is 12.2. The maximum atomic E-state index is 11.4. The Kier molecular flexibility index (Phi) is 3.65. The van der Waals surface area contributed by atoms with Crippen molar-refractivity contribution >= 4 is 5.91 Å². The van der Waals surface area contributed by atoms with Gasteiger partial charge in [0.25, 0.3) is 0 Å². The topological polar surface area (TPSA) is 46.3 Å². The zero-order valence-corrected chi connectivity index (χ0v) is 8.60. The Morgan fingerprint density at radius 1 is 1.36 bits per heavy atom. The number of rotatable bonds is 3. The lowest BCUT2D eigenvalue weighted by atomic mass is 10.0. The standard InChI is InChI=1S/C11H16N2O/c1-13(2)11(14)8-10(12)9-6-4-3-5-7-9/h3-7,10H,8,12H2,1-2H3/t10-/m1/s1. The highest BCUT2D eigenvalue weighted by Gasteiger charge is 2.12. The molecule has 1 atom stereocenters. The highest BCUT2D eigenvalue weighted by Crippen LogP contribution is 2.13. The fourth-order valence-electron chi connectivity index (χ4n) is 1.19. The van der Waals surface area contributed by atoms with Crippen LogP contribution in [0.5, 0.6) is 0 Å². The van der Waals surface area contributed by atoms with Crippen LogP contribution in [-0.2, 0) is 4.79 Å². The zero-order chi connectivity index (χ0) is 10.6. The Labute approximate surface area is 84.5 Å². The van der Waals surface area contributed by atoms with Crippen molar-refractivity contribution in [2.24, 2.45) is 5.73 Å². The summed E-state index contributed by atoms with van der Waals surface area (Å²) in [4.78, 5) is 12.9. The van der Waals surface area contributed by atoms with Gasteiger partial charge in [-0.05, 0) is 5.56 Å². The van der Waals surface area contributed by atoms with Gasteiger partial charge in [0.2, 0.25) is 5.91 Å². The van der Waals surface area contributed by atoms with Gasteiger partial charge in [-0.1, -0.05) is 30.3 Å². The van der Waals surface area contributed by atoms with E-state index < -0.39 is 0 Å². The van der Waals surface area contributed by atoms with E-state index in [9.17, 15) is 4.79 Å². The van der Waals surface area contributed by atoms with Crippen molar-refractivity contribution in [3.05, 3.63) is 35.9 Å². The summed E-state index contributed by atoms with van der Waals surface area (Å²) in [5.41, 5.74) is 6.89. The van der Waals surface area contributed by atoms with Crippen LogP contribution < -0.4 is 5.73 Å². The average Bonchev–Trinajstić information content (AvgIpc) is 2.19. The predicted molar refractivity (Wildman–Crippen MR) is 56.7 cm³/mol. The lowest BCUT2D eigenvalue weighted by molar-refractivity contribution is -0.129. The van der Waals surface area contributed by atoms with Gasteiger partial charge in [-0.25, -0.2) is 0 Å². The summed E-state index contributed by atoms with van der Waals surface area (Å²) >= 11 is 0. The smallest absolute Gasteiger partial charge is 0.223 e. The van der Waals surface area contributed by atoms with Crippen LogP contribution in [-0.4, -0.2) is 24.9 Å². The highest BCUT2D eigenvalue weighted by atomic mass is 16.2. The molecule has 0 heterocycles. The second-order valence-electron chi connectivity index (χ2n) is 3.51. The van der Waals surface area contributed by atoms with Crippen LogP contribution in [0.25, 0.3) is 0 Å². The van der Waals surface area contributed by atoms with Crippen LogP contribution in [0.2, 0.25) is 0 Å². The maximum Gasteiger partial charge on any atom is 0.223 e. The number of nitrogens with two attached hydrogens (primary N) is 1. The molecule has 0 saturated heterocycles. The SMILES string of the molecule is CN(C)C(=O)C[C@@H](N)c1ccccc1. The van der Waals surface area contributed by atoms with Crippen molar-refractivity contribution in [2.75, 3.05) is 14.1 Å². The maximum absolute atomic E-state index is 11.4. The summed E-state index contributed by atoms with van der Waals surface area (Å²) in [7, 11) is 3.47. The largest absolute Gasteiger partial charge is 0.349 e. The zero-order valence-electron chi connectivity index (χ0n) is 8.60. The molecule has 0 aliphatic rings. The van der Waals surface area contributed by atoms with E-state index in [-0.39, 0.29) is 11.9 Å². The van der Waals surface area contributed by atoms with E-state index in [4.69, 9.17) is 5.73 Å². The van der Waals surface area contributed by atoms with Crippen molar-refractivity contribution in [2.45, 2.75) is 12.5 Å². The molecule has 0 aromatic heterocycles. The number of carbonyl (C=O) groups is 1. The molecule has 2 N–H and O–H groups in total. The third kappa shape index (κ3) is 2.85. The van der Waals surface area contributed by atoms with E-state index in [2.05, 4.69) is 0 Å². The van der Waals surface area contributed by atoms with Crippen molar-refractivity contribution < 1.29 is 4.79 Å². The van der Waals surface area contributed by atoms with Gasteiger partial charge in [-0.15, -0.1) is 0 Å². The van der Waals surface area contributed by atoms with Gasteiger partial charge < -0.3 is 10.6 Å². The molecule has 0 aliphatic carbocycles. The number of hydrogen-bond donors (Lipinski definition) is 1. The van der Waals surface area contributed by atoms with Crippen molar-refractivity contribution in [1.82, 2.24) is 4.90 Å². The summed E-state index contributed by atoms with van der Waals surface area (Å²) < 4.78 is 0. The molecule has 1 amide bonds. The summed E-state index contributed by atoms with van der Waals surface area (Å²) in [6, 6.07) is 9.46. The Morgan fingerprint density at radius 3 is 2.43 bits per heavy atom. The van der Waals surface area contributed by atoms with Crippen LogP contribution in [0, 0.1) is 0 Å². The average molecular weight is 192 g/mol. The molecule has 0 aliphatic heterocycles. The van der Waals surface area contributed by atoms with Gasteiger partial charge in [0, 0.05) is 26.6 Å². The van der Waals surface area contributed by atoms with Crippen LogP contribution in [0.15, 0.2) is 30.3 Å². The van der Waals surface area contributed by atoms with Crippen LogP contribution in [0.1, 0.15) is 18.0 Å². The number of nitrogens with zero attached hydrogens (tertiary/aromatic N) is 1. The number of benzene rings is 1. The van der Waals surface area contributed by atoms with E-state index >= 15 is 0 Å². The van der Waals surface area contributed by atoms with Crippen LogP contribution in [0.4, 0.5) is 0 Å². The second kappa shape index (κ2) is 4.77. The van der Waals surface area contributed by atoms with Crippen LogP contribution in [0.3, 0.4) is 0 Å². The molecule has 1 rings (SSSR count). The van der Waals surface area contributed by atoms with Gasteiger partial charge in [0.15, 0.2) is 0 Å². The molecule has 0 saturated carbocycles. The fourth-order valence-corrected chi connectivity index (χ4v) is 1.19. The predicted octanol–water partition coefficient (Wildman–Crippen LogP) is 1.16. The van der Waals surface area contributed by atoms with Crippen molar-refractivity contribution in [3.8, 4) is 0 Å². The molecule has 0 bridgehead atoms. The molecular formula is C11H16N2O. The minimum absolute atomic E-state index is 0.0568. The Balaban J connectivity index is 2.59. The van der Waals surface area contributed by atoms with Crippen LogP contribution >= 0.6 is 0 Å². The molecule has 0 fully saturated rings. The third-order valence-electron chi connectivity index (χ3n) is 2.12. The Bertz CT molecular complexity index is 295. The molecule has 76 valence electrons. The lowest BCUT2D eigenvalue weighted by Crippen LogP contribution is -2.26. The van der Waals surface area contributed by atoms with E-state index in [0.29, 0.717) is 6.42 Å². The molecule has 1 aromatic carbocycles. The van der Waals surface area contributed by atoms with Gasteiger partial charge in [-0.3, -0.25) is 4.79 Å². The summed E-state index contributed by atoms with van der Waals surface area (Å²) in [6.45, 7) is 0. The molecule has 0 unspecified atom stereocenters. The Morgan fingerprint density at radius 2 is 1.93 bits per heavy atom. The monoisotopic (exact) mass is 192 g/mol. The van der Waals surface area contributed by atoms with E-state index in [1.54, 1.807) is 19.0 Å². The number of amides is 1. The second-order valence-corrected chi connectivity index (χ2v) is 3.51. The number of hydrogen-bond acceptors (Lipinski definition) is 2. The molecule has 3 heteroatoms. The summed E-state index contributed by atoms with van der Waals surface area (Å²) in [5.74, 6) is 0.0568. The van der Waals surface area contributed by atoms with E-state index in [1.807, 2.05) is 30.3 Å². The first kappa shape index (κ1) is 10.7. The summed E-state index contributed by atoms with van der Waals surface area (Å²) in [6.07, 6.45) is 0.358. The van der Waals surface area contributed by atoms with E-state index in [1.165, 1.54) is 0 Å². The first-order valence-corrected chi connectivity index (χ1v) is 4.62. The van der Waals surface area contributed by atoms with Crippen molar-refractivity contribution in [3.63, 3.8) is 0 Å². The molecule has 3 nitrogen and oxygen atoms in total. The molecule has 14 heavy (non-hydrogen) atoms. The first-order valence-electron chi connectivity index (χ1n) is 4.62. The molecule has 1 aromatic rings. The van der Waals surface area contributed by atoms with Gasteiger partial charge in [-0.2, -0.15) is 0 Å². The molecule has 0 spiro atoms. The minimum atomic E-state index is -0.203. The molecule has 0 radical (unpaired) electrons. The first-order chi connectivity index (χ1) is 6.61. The van der Waals surface area contributed by atoms with Gasteiger partial charge >= 0.3 is 0 Å². The van der Waals surface area contributed by atoms with E-state index in [0.717, 1.165) is 5.56 Å². The van der Waals surface area contributed by atoms with Gasteiger partial charge in [0.1, 0.15) is 0 Å². The molecular weight excluding hydrogens is 176 g/mol. The summed E-state index contributed by atoms with van der Waals surface area (Å²) in [5, 5.41) is 0. The third-order valence-corrected chi connectivity index (χ3v) is 2.12. The van der Waals surface area contributed by atoms with Crippen molar-refractivity contribution in [1.29, 1.82) is 0 Å². The fraction of sp³-hybridized carbons (Fsp3) is 0.364. The lowest BCUT2D eigenvalue weighted by Gasteiger charge is -2.15. The Hall–Kier alpha value is -1.35. The minimum Gasteiger partial charge on any atom is -0.349 e. The highest BCUT2D eigenvalue weighted by molar-refractivity contribution is 5.76. The van der Waals surface area contributed by atoms with Gasteiger partial charge in [0.05, 0.1) is 0 Å². The quantitative estimate of drug-likeness (QED) is 0.781. The number of carbonyl (C=O) groups excluding carboxylic acids is 1.